The monoisotopic (exact) mass is 453 g/mol. The van der Waals surface area contributed by atoms with Gasteiger partial charge in [-0.3, -0.25) is 0 Å². The van der Waals surface area contributed by atoms with Gasteiger partial charge in [0.1, 0.15) is 18.5 Å². The molecule has 1 aromatic carbocycles. The predicted molar refractivity (Wildman–Crippen MR) is 123 cm³/mol. The second-order valence-electron chi connectivity index (χ2n) is 8.12. The van der Waals surface area contributed by atoms with Gasteiger partial charge < -0.3 is 19.3 Å². The Balaban J connectivity index is 1.48. The third-order valence-corrected chi connectivity index (χ3v) is 6.38. The fraction of sp³-hybridized carbons (Fsp3) is 0.478. The third-order valence-electron chi connectivity index (χ3n) is 5.66. The lowest BCUT2D eigenvalue weighted by Crippen LogP contribution is -2.42. The number of likely N-dealkylation sites (tertiary alicyclic amines) is 1. The van der Waals surface area contributed by atoms with E-state index in [4.69, 9.17) is 9.47 Å². The van der Waals surface area contributed by atoms with Gasteiger partial charge in [-0.05, 0) is 50.3 Å². The molecule has 1 saturated heterocycles. The first-order valence-corrected chi connectivity index (χ1v) is 12.0. The molecule has 0 aliphatic carbocycles. The molecule has 9 heteroatoms. The van der Waals surface area contributed by atoms with Gasteiger partial charge in [-0.1, -0.05) is 0 Å². The number of aromatic nitrogens is 2. The van der Waals surface area contributed by atoms with Crippen molar-refractivity contribution in [3.05, 3.63) is 35.7 Å². The zero-order valence-electron chi connectivity index (χ0n) is 18.6. The average Bonchev–Trinajstić information content (AvgIpc) is 3.22. The van der Waals surface area contributed by atoms with E-state index >= 15 is 0 Å². The number of thioether (sulfide) groups is 1. The molecule has 3 heterocycles. The van der Waals surface area contributed by atoms with Crippen LogP contribution in [0.3, 0.4) is 0 Å². The van der Waals surface area contributed by atoms with Crippen LogP contribution in [0.2, 0.25) is 0 Å². The molecule has 2 aromatic rings. The zero-order valence-corrected chi connectivity index (χ0v) is 19.4. The largest absolute Gasteiger partial charge is 0.473 e. The fourth-order valence-corrected chi connectivity index (χ4v) is 4.53. The molecule has 168 valence electrons. The number of rotatable bonds is 5. The van der Waals surface area contributed by atoms with Crippen LogP contribution in [0.5, 0.6) is 5.88 Å². The Labute approximate surface area is 192 Å². The summed E-state index contributed by atoms with van der Waals surface area (Å²) in [6, 6.07) is 8.62. The number of carbonyl (C=O) groups excluding carboxylic acids is 1. The number of ether oxygens (including phenoxy) is 2. The van der Waals surface area contributed by atoms with Crippen LogP contribution in [0.4, 0.5) is 16.3 Å². The Bertz CT molecular complexity index is 1030. The molecule has 0 spiro atoms. The quantitative estimate of drug-likeness (QED) is 0.624. The van der Waals surface area contributed by atoms with Gasteiger partial charge in [0.05, 0.1) is 6.10 Å². The summed E-state index contributed by atoms with van der Waals surface area (Å²) in [6.45, 7) is 5.53. The lowest BCUT2D eigenvalue weighted by atomic mass is 10.1. The van der Waals surface area contributed by atoms with Crippen LogP contribution >= 0.6 is 11.8 Å². The number of hydrogen-bond donors (Lipinski definition) is 0. The lowest BCUT2D eigenvalue weighted by molar-refractivity contribution is 0.0506. The molecular weight excluding hydrogens is 426 g/mol. The summed E-state index contributed by atoms with van der Waals surface area (Å²) >= 11 is 1.72. The van der Waals surface area contributed by atoms with Crippen molar-refractivity contribution in [1.82, 2.24) is 14.9 Å². The number of fused-ring (bicyclic) bond motifs is 1. The number of benzene rings is 1. The smallest absolute Gasteiger partial charge is 0.410 e. The van der Waals surface area contributed by atoms with Gasteiger partial charge >= 0.3 is 6.09 Å². The molecule has 0 atom stereocenters. The maximum absolute atomic E-state index is 12.1. The second-order valence-corrected chi connectivity index (χ2v) is 9.00. The highest BCUT2D eigenvalue weighted by Gasteiger charge is 2.29. The maximum Gasteiger partial charge on any atom is 0.410 e. The van der Waals surface area contributed by atoms with Crippen molar-refractivity contribution in [1.29, 1.82) is 5.26 Å². The summed E-state index contributed by atoms with van der Waals surface area (Å²) in [5.74, 6) is 0.876. The van der Waals surface area contributed by atoms with E-state index in [9.17, 15) is 10.1 Å². The molecule has 4 rings (SSSR count). The minimum Gasteiger partial charge on any atom is -0.473 e. The summed E-state index contributed by atoms with van der Waals surface area (Å²) in [7, 11) is 0. The number of nitriles is 1. The van der Waals surface area contributed by atoms with Gasteiger partial charge in [0.25, 0.3) is 0 Å². The molecular formula is C23H27N5O3S. The van der Waals surface area contributed by atoms with Crippen LogP contribution in [-0.2, 0) is 11.2 Å². The van der Waals surface area contributed by atoms with E-state index in [2.05, 4.69) is 45.4 Å². The standard InChI is InChI=1S/C23H27N5O3S/c1-15(2)30-23(29)27-9-7-17(8-10-27)31-22-19(13-24)21(25-14-26-22)28-11-6-16-12-18(32-3)4-5-20(16)28/h4-5,12,14-15,17H,6-11H2,1-3H3. The lowest BCUT2D eigenvalue weighted by Gasteiger charge is -2.32. The normalized spacial score (nSPS) is 16.1. The molecule has 1 fully saturated rings. The Hall–Kier alpha value is -2.99. The number of piperidine rings is 1. The first kappa shape index (κ1) is 22.2. The van der Waals surface area contributed by atoms with Crippen molar-refractivity contribution in [2.75, 3.05) is 30.8 Å². The summed E-state index contributed by atoms with van der Waals surface area (Å²) in [5.41, 5.74) is 2.67. The van der Waals surface area contributed by atoms with Crippen molar-refractivity contribution in [2.24, 2.45) is 0 Å². The van der Waals surface area contributed by atoms with Crippen LogP contribution in [0, 0.1) is 11.3 Å². The maximum atomic E-state index is 12.1. The third kappa shape index (κ3) is 4.60. The minimum absolute atomic E-state index is 0.122. The van der Waals surface area contributed by atoms with Crippen LogP contribution in [0.15, 0.2) is 29.4 Å². The van der Waals surface area contributed by atoms with E-state index in [0.717, 1.165) is 18.7 Å². The van der Waals surface area contributed by atoms with Crippen molar-refractivity contribution >= 4 is 29.4 Å². The highest BCUT2D eigenvalue weighted by molar-refractivity contribution is 7.98. The van der Waals surface area contributed by atoms with E-state index in [-0.39, 0.29) is 18.3 Å². The first-order valence-electron chi connectivity index (χ1n) is 10.8. The predicted octanol–water partition coefficient (Wildman–Crippen LogP) is 4.15. The van der Waals surface area contributed by atoms with Gasteiger partial charge in [-0.25, -0.2) is 14.8 Å². The van der Waals surface area contributed by atoms with Gasteiger partial charge in [0.2, 0.25) is 5.88 Å². The average molecular weight is 454 g/mol. The summed E-state index contributed by atoms with van der Waals surface area (Å²) < 4.78 is 11.4. The van der Waals surface area contributed by atoms with E-state index in [1.807, 2.05) is 13.8 Å². The summed E-state index contributed by atoms with van der Waals surface area (Å²) in [6.07, 6.45) is 5.17. The molecule has 0 saturated carbocycles. The number of anilines is 2. The van der Waals surface area contributed by atoms with Gasteiger partial charge in [0.15, 0.2) is 11.4 Å². The molecule has 8 nitrogen and oxygen atoms in total. The Morgan fingerprint density at radius 2 is 2.03 bits per heavy atom. The molecule has 1 amide bonds. The van der Waals surface area contributed by atoms with Crippen molar-refractivity contribution in [3.8, 4) is 11.9 Å². The topological polar surface area (TPSA) is 91.6 Å². The van der Waals surface area contributed by atoms with Crippen molar-refractivity contribution in [2.45, 2.75) is 50.2 Å². The van der Waals surface area contributed by atoms with Crippen LogP contribution in [0.1, 0.15) is 37.8 Å². The molecule has 0 bridgehead atoms. The van der Waals surface area contributed by atoms with E-state index in [1.54, 1.807) is 16.7 Å². The van der Waals surface area contributed by atoms with E-state index < -0.39 is 0 Å². The molecule has 2 aliphatic heterocycles. The molecule has 32 heavy (non-hydrogen) atoms. The number of nitrogens with zero attached hydrogens (tertiary/aromatic N) is 5. The highest BCUT2D eigenvalue weighted by atomic mass is 32.2. The van der Waals surface area contributed by atoms with Crippen molar-refractivity contribution < 1.29 is 14.3 Å². The van der Waals surface area contributed by atoms with Crippen LogP contribution < -0.4 is 9.64 Å². The van der Waals surface area contributed by atoms with Crippen LogP contribution in [-0.4, -0.2) is 59.1 Å². The Kier molecular flexibility index (Phi) is 6.70. The van der Waals surface area contributed by atoms with Crippen molar-refractivity contribution in [3.63, 3.8) is 0 Å². The highest BCUT2D eigenvalue weighted by Crippen LogP contribution is 2.38. The van der Waals surface area contributed by atoms with Gasteiger partial charge in [-0.15, -0.1) is 11.8 Å². The fourth-order valence-electron chi connectivity index (χ4n) is 4.07. The SMILES string of the molecule is CSc1ccc2c(c1)CCN2c1ncnc(OC2CCN(C(=O)OC(C)C)CC2)c1C#N. The minimum atomic E-state index is -0.294. The molecule has 2 aliphatic rings. The number of amides is 1. The summed E-state index contributed by atoms with van der Waals surface area (Å²) in [5, 5.41) is 9.91. The Morgan fingerprint density at radius 3 is 2.72 bits per heavy atom. The number of hydrogen-bond acceptors (Lipinski definition) is 8. The molecule has 1 aromatic heterocycles. The number of carbonyl (C=O) groups is 1. The molecule has 0 radical (unpaired) electrons. The first-order chi connectivity index (χ1) is 15.5. The molecule has 0 N–H and O–H groups in total. The summed E-state index contributed by atoms with van der Waals surface area (Å²) in [4.78, 5) is 25.8. The van der Waals surface area contributed by atoms with Gasteiger partial charge in [-0.2, -0.15) is 5.26 Å². The van der Waals surface area contributed by atoms with E-state index in [1.165, 1.54) is 16.8 Å². The van der Waals surface area contributed by atoms with Crippen LogP contribution in [0.25, 0.3) is 0 Å². The second kappa shape index (κ2) is 9.65. The Morgan fingerprint density at radius 1 is 1.25 bits per heavy atom. The van der Waals surface area contributed by atoms with E-state index in [0.29, 0.717) is 43.2 Å². The van der Waals surface area contributed by atoms with Gasteiger partial charge in [0, 0.05) is 43.1 Å². The molecule has 0 unspecified atom stereocenters. The zero-order chi connectivity index (χ0) is 22.7.